The fraction of sp³-hybridized carbons (Fsp3) is 0.381. The number of amides is 2. The lowest BCUT2D eigenvalue weighted by Gasteiger charge is -2.14. The molecule has 0 unspecified atom stereocenters. The molecule has 0 aliphatic heterocycles. The average Bonchev–Trinajstić information content (AvgIpc) is 2.76. The van der Waals surface area contributed by atoms with Gasteiger partial charge in [0.05, 0.1) is 17.9 Å². The second-order valence-corrected chi connectivity index (χ2v) is 6.13. The third-order valence-electron chi connectivity index (χ3n) is 3.68. The number of ether oxygens (including phenoxy) is 3. The highest BCUT2D eigenvalue weighted by molar-refractivity contribution is 5.89. The number of aromatic carboxylic acids is 1. The molecule has 2 amide bonds. The van der Waals surface area contributed by atoms with Crippen LogP contribution in [-0.4, -0.2) is 62.7 Å². The van der Waals surface area contributed by atoms with Crippen molar-refractivity contribution in [2.24, 2.45) is 0 Å². The van der Waals surface area contributed by atoms with Gasteiger partial charge in [0.1, 0.15) is 19.0 Å². The largest absolute Gasteiger partial charge is 0.491 e. The van der Waals surface area contributed by atoms with Crippen LogP contribution in [0.3, 0.4) is 0 Å². The van der Waals surface area contributed by atoms with E-state index in [1.54, 1.807) is 6.07 Å². The Kier molecular flexibility index (Phi) is 12.4. The Balaban J connectivity index is 2.46. The van der Waals surface area contributed by atoms with Crippen LogP contribution in [0, 0.1) is 0 Å². The van der Waals surface area contributed by atoms with Crippen LogP contribution in [0.25, 0.3) is 0 Å². The Labute approximate surface area is 181 Å². The molecule has 0 fully saturated rings. The summed E-state index contributed by atoms with van der Waals surface area (Å²) < 4.78 is 15.3. The van der Waals surface area contributed by atoms with Crippen molar-refractivity contribution in [1.29, 1.82) is 0 Å². The molecule has 1 aromatic carbocycles. The molecule has 10 heteroatoms. The molecule has 31 heavy (non-hydrogen) atoms. The van der Waals surface area contributed by atoms with Gasteiger partial charge in [0.25, 0.3) is 0 Å². The number of carboxylic acids is 1. The number of carboxylic acid groups (broad SMARTS) is 1. The quantitative estimate of drug-likeness (QED) is 0.244. The molecule has 0 heterocycles. The number of rotatable bonds is 15. The molecule has 1 aromatic rings. The van der Waals surface area contributed by atoms with Gasteiger partial charge >= 0.3 is 18.2 Å². The minimum Gasteiger partial charge on any atom is -0.491 e. The Morgan fingerprint density at radius 1 is 0.935 bits per heavy atom. The van der Waals surface area contributed by atoms with Gasteiger partial charge in [-0.05, 0) is 31.0 Å². The smallest absolute Gasteiger partial charge is 0.407 e. The molecular weight excluding hydrogens is 406 g/mol. The van der Waals surface area contributed by atoms with Crippen LogP contribution in [0.5, 0.6) is 5.75 Å². The minimum absolute atomic E-state index is 0.118. The fourth-order valence-electron chi connectivity index (χ4n) is 2.24. The van der Waals surface area contributed by atoms with Crippen molar-refractivity contribution < 1.29 is 33.7 Å². The summed E-state index contributed by atoms with van der Waals surface area (Å²) in [5.41, 5.74) is 0.639. The predicted octanol–water partition coefficient (Wildman–Crippen LogP) is 2.78. The van der Waals surface area contributed by atoms with Crippen LogP contribution in [0.4, 0.5) is 15.3 Å². The van der Waals surface area contributed by atoms with Crippen molar-refractivity contribution in [2.75, 3.05) is 44.8 Å². The summed E-state index contributed by atoms with van der Waals surface area (Å²) in [5.74, 6) is -0.568. The summed E-state index contributed by atoms with van der Waals surface area (Å²) in [5, 5.41) is 17.5. The van der Waals surface area contributed by atoms with Crippen molar-refractivity contribution >= 4 is 23.8 Å². The summed E-state index contributed by atoms with van der Waals surface area (Å²) in [4.78, 5) is 33.9. The van der Waals surface area contributed by atoms with E-state index in [1.165, 1.54) is 24.3 Å². The van der Waals surface area contributed by atoms with E-state index in [1.807, 2.05) is 0 Å². The SMILES string of the molecule is C=CCOC(=O)NCCCNc1cc(C(=O)O)ccc1OCCCNC(=O)OCC=C. The first-order valence-electron chi connectivity index (χ1n) is 9.75. The molecule has 0 aromatic heterocycles. The van der Waals surface area contributed by atoms with E-state index in [4.69, 9.17) is 14.2 Å². The molecule has 0 aliphatic rings. The number of anilines is 1. The molecule has 0 radical (unpaired) electrons. The zero-order chi connectivity index (χ0) is 22.9. The Bertz CT molecular complexity index is 752. The maximum absolute atomic E-state index is 11.3. The molecular formula is C21H29N3O7. The number of carbonyl (C=O) groups excluding carboxylic acids is 2. The van der Waals surface area contributed by atoms with E-state index >= 15 is 0 Å². The number of benzene rings is 1. The van der Waals surface area contributed by atoms with Gasteiger partial charge in [0.2, 0.25) is 0 Å². The first-order valence-corrected chi connectivity index (χ1v) is 9.75. The van der Waals surface area contributed by atoms with Gasteiger partial charge in [-0.25, -0.2) is 14.4 Å². The standard InChI is InChI=1S/C21H29N3O7/c1-3-12-30-20(27)23-10-5-9-22-17-15-16(19(25)26)7-8-18(17)29-14-6-11-24-21(28)31-13-4-2/h3-4,7-8,15,22H,1-2,5-6,9-14H2,(H,23,27)(H,24,28)(H,25,26). The number of alkyl carbamates (subject to hydrolysis) is 2. The number of carbonyl (C=O) groups is 3. The van der Waals surface area contributed by atoms with Crippen LogP contribution in [0.15, 0.2) is 43.5 Å². The van der Waals surface area contributed by atoms with E-state index < -0.39 is 18.2 Å². The molecule has 0 atom stereocenters. The van der Waals surface area contributed by atoms with Crippen LogP contribution in [0.1, 0.15) is 23.2 Å². The molecule has 10 nitrogen and oxygen atoms in total. The average molecular weight is 435 g/mol. The van der Waals surface area contributed by atoms with Crippen molar-refractivity contribution in [2.45, 2.75) is 12.8 Å². The topological polar surface area (TPSA) is 135 Å². The monoisotopic (exact) mass is 435 g/mol. The number of hydrogen-bond donors (Lipinski definition) is 4. The molecule has 0 saturated heterocycles. The molecule has 4 N–H and O–H groups in total. The number of hydrogen-bond acceptors (Lipinski definition) is 7. The molecule has 0 saturated carbocycles. The lowest BCUT2D eigenvalue weighted by Crippen LogP contribution is -2.26. The van der Waals surface area contributed by atoms with Crippen LogP contribution in [-0.2, 0) is 9.47 Å². The predicted molar refractivity (Wildman–Crippen MR) is 116 cm³/mol. The zero-order valence-corrected chi connectivity index (χ0v) is 17.4. The van der Waals surface area contributed by atoms with Crippen LogP contribution in [0.2, 0.25) is 0 Å². The second kappa shape index (κ2) is 15.2. The molecule has 0 bridgehead atoms. The summed E-state index contributed by atoms with van der Waals surface area (Å²) in [7, 11) is 0. The van der Waals surface area contributed by atoms with Crippen molar-refractivity contribution in [3.63, 3.8) is 0 Å². The normalized spacial score (nSPS) is 9.81. The Morgan fingerprint density at radius 2 is 1.55 bits per heavy atom. The minimum atomic E-state index is -1.05. The van der Waals surface area contributed by atoms with Gasteiger partial charge in [-0.15, -0.1) is 0 Å². The first kappa shape index (κ1) is 25.3. The van der Waals surface area contributed by atoms with Gasteiger partial charge < -0.3 is 35.3 Å². The maximum Gasteiger partial charge on any atom is 0.407 e. The Morgan fingerprint density at radius 3 is 2.13 bits per heavy atom. The summed E-state index contributed by atoms with van der Waals surface area (Å²) in [6, 6.07) is 4.50. The highest BCUT2D eigenvalue weighted by Crippen LogP contribution is 2.26. The van der Waals surface area contributed by atoms with E-state index in [-0.39, 0.29) is 18.8 Å². The zero-order valence-electron chi connectivity index (χ0n) is 17.4. The Hall–Kier alpha value is -3.69. The van der Waals surface area contributed by atoms with E-state index in [0.717, 1.165) is 0 Å². The third-order valence-corrected chi connectivity index (χ3v) is 3.68. The maximum atomic E-state index is 11.3. The van der Waals surface area contributed by atoms with Gasteiger partial charge in [-0.2, -0.15) is 0 Å². The molecule has 0 aliphatic carbocycles. The second-order valence-electron chi connectivity index (χ2n) is 6.13. The molecule has 170 valence electrons. The van der Waals surface area contributed by atoms with Gasteiger partial charge in [-0.3, -0.25) is 0 Å². The van der Waals surface area contributed by atoms with Crippen LogP contribution >= 0.6 is 0 Å². The van der Waals surface area contributed by atoms with E-state index in [2.05, 4.69) is 29.1 Å². The highest BCUT2D eigenvalue weighted by Gasteiger charge is 2.10. The molecule has 1 rings (SSSR count). The fourth-order valence-corrected chi connectivity index (χ4v) is 2.24. The van der Waals surface area contributed by atoms with Gasteiger partial charge in [0.15, 0.2) is 0 Å². The van der Waals surface area contributed by atoms with Crippen molar-refractivity contribution in [3.05, 3.63) is 49.1 Å². The van der Waals surface area contributed by atoms with E-state index in [9.17, 15) is 19.5 Å². The lowest BCUT2D eigenvalue weighted by atomic mass is 10.2. The lowest BCUT2D eigenvalue weighted by molar-refractivity contribution is 0.0696. The van der Waals surface area contributed by atoms with Crippen molar-refractivity contribution in [1.82, 2.24) is 10.6 Å². The van der Waals surface area contributed by atoms with Gasteiger partial charge in [-0.1, -0.05) is 25.3 Å². The van der Waals surface area contributed by atoms with Crippen molar-refractivity contribution in [3.8, 4) is 5.75 Å². The van der Waals surface area contributed by atoms with E-state index in [0.29, 0.717) is 50.5 Å². The number of nitrogens with one attached hydrogen (secondary N) is 3. The van der Waals surface area contributed by atoms with Crippen LogP contribution < -0.4 is 20.7 Å². The summed E-state index contributed by atoms with van der Waals surface area (Å²) in [6.07, 6.45) is 3.00. The van der Waals surface area contributed by atoms with Gasteiger partial charge in [0, 0.05) is 19.6 Å². The third kappa shape index (κ3) is 11.2. The summed E-state index contributed by atoms with van der Waals surface area (Å²) in [6.45, 7) is 8.70. The first-order chi connectivity index (χ1) is 15.0. The molecule has 0 spiro atoms. The highest BCUT2D eigenvalue weighted by atomic mass is 16.6. The summed E-state index contributed by atoms with van der Waals surface area (Å²) >= 11 is 0.